The molecule has 5 heteroatoms. The molecule has 0 aromatic heterocycles. The summed E-state index contributed by atoms with van der Waals surface area (Å²) in [7, 11) is 0. The molecule has 3 rings (SSSR count). The number of anilines is 2. The zero-order valence-electron chi connectivity index (χ0n) is 14.0. The molecular weight excluding hydrogens is 344 g/mol. The monoisotopic (exact) mass is 362 g/mol. The Balaban J connectivity index is 1.50. The van der Waals surface area contributed by atoms with E-state index in [1.165, 1.54) is 11.8 Å². The lowest BCUT2D eigenvalue weighted by atomic mass is 10.2. The van der Waals surface area contributed by atoms with Gasteiger partial charge in [0.2, 0.25) is 0 Å². The molecule has 3 aromatic carbocycles. The largest absolute Gasteiger partial charge is 0.323 e. The summed E-state index contributed by atoms with van der Waals surface area (Å²) in [5.41, 5.74) is 2.14. The van der Waals surface area contributed by atoms with Crippen LogP contribution in [0.1, 0.15) is 10.4 Å². The number of carbonyl (C=O) groups is 2. The zero-order valence-corrected chi connectivity index (χ0v) is 14.8. The van der Waals surface area contributed by atoms with E-state index in [-0.39, 0.29) is 11.8 Å². The number of Topliss-reactive ketones (excluding diaryl/α,β-unsaturated/α-hetero) is 1. The zero-order chi connectivity index (χ0) is 18.2. The SMILES string of the molecule is O=C(Nc1ccccc1)Nc1ccc(SCC(=O)c2ccccc2)cc1. The van der Waals surface area contributed by atoms with E-state index in [2.05, 4.69) is 10.6 Å². The van der Waals surface area contributed by atoms with Crippen LogP contribution < -0.4 is 10.6 Å². The van der Waals surface area contributed by atoms with Gasteiger partial charge in [0.25, 0.3) is 0 Å². The van der Waals surface area contributed by atoms with Crippen molar-refractivity contribution >= 4 is 35.0 Å². The van der Waals surface area contributed by atoms with E-state index in [0.29, 0.717) is 11.4 Å². The van der Waals surface area contributed by atoms with Gasteiger partial charge in [-0.2, -0.15) is 0 Å². The fourth-order valence-corrected chi connectivity index (χ4v) is 3.10. The Labute approximate surface area is 156 Å². The number of hydrogen-bond acceptors (Lipinski definition) is 3. The minimum absolute atomic E-state index is 0.0973. The predicted octanol–water partition coefficient (Wildman–Crippen LogP) is 5.31. The number of carbonyl (C=O) groups excluding carboxylic acids is 2. The number of ketones is 1. The summed E-state index contributed by atoms with van der Waals surface area (Å²) in [4.78, 5) is 25.1. The van der Waals surface area contributed by atoms with Gasteiger partial charge in [-0.1, -0.05) is 48.5 Å². The lowest BCUT2D eigenvalue weighted by molar-refractivity contribution is 0.102. The first-order chi connectivity index (χ1) is 12.7. The van der Waals surface area contributed by atoms with Crippen LogP contribution in [0.5, 0.6) is 0 Å². The fraction of sp³-hybridized carbons (Fsp3) is 0.0476. The van der Waals surface area contributed by atoms with Crippen LogP contribution in [0.2, 0.25) is 0 Å². The summed E-state index contributed by atoms with van der Waals surface area (Å²) in [6.45, 7) is 0. The van der Waals surface area contributed by atoms with Gasteiger partial charge in [-0.3, -0.25) is 4.79 Å². The third-order valence-corrected chi connectivity index (χ3v) is 4.62. The molecule has 0 aliphatic carbocycles. The average Bonchev–Trinajstić information content (AvgIpc) is 2.68. The van der Waals surface area contributed by atoms with Crippen LogP contribution in [-0.2, 0) is 0 Å². The van der Waals surface area contributed by atoms with Gasteiger partial charge in [-0.05, 0) is 36.4 Å². The number of urea groups is 1. The van der Waals surface area contributed by atoms with E-state index in [9.17, 15) is 9.59 Å². The molecule has 26 heavy (non-hydrogen) atoms. The average molecular weight is 362 g/mol. The minimum atomic E-state index is -0.296. The van der Waals surface area contributed by atoms with Crippen LogP contribution in [0.25, 0.3) is 0 Å². The Kier molecular flexibility index (Phi) is 6.06. The Morgan fingerprint density at radius 3 is 1.85 bits per heavy atom. The molecule has 130 valence electrons. The topological polar surface area (TPSA) is 58.2 Å². The van der Waals surface area contributed by atoms with E-state index in [0.717, 1.165) is 16.1 Å². The number of amides is 2. The molecule has 0 saturated heterocycles. The number of rotatable bonds is 6. The highest BCUT2D eigenvalue weighted by atomic mass is 32.2. The van der Waals surface area contributed by atoms with E-state index in [4.69, 9.17) is 0 Å². The molecule has 0 radical (unpaired) electrons. The number of thioether (sulfide) groups is 1. The van der Waals surface area contributed by atoms with Crippen molar-refractivity contribution in [3.8, 4) is 0 Å². The molecule has 0 heterocycles. The van der Waals surface area contributed by atoms with Crippen molar-refractivity contribution in [2.45, 2.75) is 4.90 Å². The second kappa shape index (κ2) is 8.87. The fourth-order valence-electron chi connectivity index (χ4n) is 2.31. The lowest BCUT2D eigenvalue weighted by Crippen LogP contribution is -2.19. The Hall–Kier alpha value is -3.05. The van der Waals surface area contributed by atoms with Crippen LogP contribution in [0.4, 0.5) is 16.2 Å². The molecular formula is C21H18N2O2S. The van der Waals surface area contributed by atoms with Crippen LogP contribution >= 0.6 is 11.8 Å². The van der Waals surface area contributed by atoms with Gasteiger partial charge in [0.15, 0.2) is 5.78 Å². The van der Waals surface area contributed by atoms with Crippen molar-refractivity contribution in [3.63, 3.8) is 0 Å². The predicted molar refractivity (Wildman–Crippen MR) is 107 cm³/mol. The molecule has 0 fully saturated rings. The van der Waals surface area contributed by atoms with E-state index in [1.807, 2.05) is 84.9 Å². The number of hydrogen-bond donors (Lipinski definition) is 2. The first-order valence-electron chi connectivity index (χ1n) is 8.15. The molecule has 0 unspecified atom stereocenters. The molecule has 3 aromatic rings. The van der Waals surface area contributed by atoms with Crippen molar-refractivity contribution in [2.24, 2.45) is 0 Å². The van der Waals surface area contributed by atoms with Crippen molar-refractivity contribution < 1.29 is 9.59 Å². The smallest absolute Gasteiger partial charge is 0.308 e. The Bertz CT molecular complexity index is 866. The molecule has 2 N–H and O–H groups in total. The van der Waals surface area contributed by atoms with E-state index < -0.39 is 0 Å². The van der Waals surface area contributed by atoms with Gasteiger partial charge < -0.3 is 10.6 Å². The van der Waals surface area contributed by atoms with Gasteiger partial charge in [-0.15, -0.1) is 11.8 Å². The Morgan fingerprint density at radius 2 is 1.23 bits per heavy atom. The maximum Gasteiger partial charge on any atom is 0.323 e. The quantitative estimate of drug-likeness (QED) is 0.462. The van der Waals surface area contributed by atoms with Gasteiger partial charge in [0, 0.05) is 21.8 Å². The third-order valence-electron chi connectivity index (χ3n) is 3.61. The van der Waals surface area contributed by atoms with Crippen LogP contribution in [0.3, 0.4) is 0 Å². The maximum atomic E-state index is 12.1. The normalized spacial score (nSPS) is 10.2. The van der Waals surface area contributed by atoms with Crippen LogP contribution in [0.15, 0.2) is 89.8 Å². The number of nitrogens with one attached hydrogen (secondary N) is 2. The van der Waals surface area contributed by atoms with Gasteiger partial charge in [0.05, 0.1) is 5.75 Å². The third kappa shape index (κ3) is 5.22. The molecule has 0 spiro atoms. The van der Waals surface area contributed by atoms with Gasteiger partial charge in [-0.25, -0.2) is 4.79 Å². The molecule has 0 atom stereocenters. The van der Waals surface area contributed by atoms with Crippen molar-refractivity contribution in [1.82, 2.24) is 0 Å². The van der Waals surface area contributed by atoms with Crippen molar-refractivity contribution in [1.29, 1.82) is 0 Å². The first-order valence-corrected chi connectivity index (χ1v) is 9.13. The molecule has 0 saturated carbocycles. The second-order valence-electron chi connectivity index (χ2n) is 5.55. The minimum Gasteiger partial charge on any atom is -0.308 e. The summed E-state index contributed by atoms with van der Waals surface area (Å²) in [6, 6.07) is 25.6. The molecule has 0 aliphatic rings. The summed E-state index contributed by atoms with van der Waals surface area (Å²) in [5.74, 6) is 0.477. The summed E-state index contributed by atoms with van der Waals surface area (Å²) in [5, 5.41) is 5.55. The van der Waals surface area contributed by atoms with Gasteiger partial charge in [0.1, 0.15) is 0 Å². The Morgan fingerprint density at radius 1 is 0.692 bits per heavy atom. The van der Waals surface area contributed by atoms with Crippen LogP contribution in [0, 0.1) is 0 Å². The highest BCUT2D eigenvalue weighted by molar-refractivity contribution is 8.00. The molecule has 0 bridgehead atoms. The summed E-state index contributed by atoms with van der Waals surface area (Å²) >= 11 is 1.48. The van der Waals surface area contributed by atoms with E-state index >= 15 is 0 Å². The van der Waals surface area contributed by atoms with Crippen LogP contribution in [-0.4, -0.2) is 17.6 Å². The molecule has 4 nitrogen and oxygen atoms in total. The number of para-hydroxylation sites is 1. The lowest BCUT2D eigenvalue weighted by Gasteiger charge is -2.08. The summed E-state index contributed by atoms with van der Waals surface area (Å²) < 4.78 is 0. The highest BCUT2D eigenvalue weighted by Gasteiger charge is 2.06. The second-order valence-corrected chi connectivity index (χ2v) is 6.60. The highest BCUT2D eigenvalue weighted by Crippen LogP contribution is 2.21. The van der Waals surface area contributed by atoms with Gasteiger partial charge >= 0.3 is 6.03 Å². The molecule has 2 amide bonds. The van der Waals surface area contributed by atoms with E-state index in [1.54, 1.807) is 0 Å². The summed E-state index contributed by atoms with van der Waals surface area (Å²) in [6.07, 6.45) is 0. The number of benzene rings is 3. The van der Waals surface area contributed by atoms with Crippen molar-refractivity contribution in [2.75, 3.05) is 16.4 Å². The van der Waals surface area contributed by atoms with Crippen molar-refractivity contribution in [3.05, 3.63) is 90.5 Å². The maximum absolute atomic E-state index is 12.1. The standard InChI is InChI=1S/C21H18N2O2S/c24-20(16-7-3-1-4-8-16)15-26-19-13-11-18(12-14-19)23-21(25)22-17-9-5-2-6-10-17/h1-14H,15H2,(H2,22,23,25). The molecule has 0 aliphatic heterocycles. The first kappa shape index (κ1) is 17.8.